The number of rotatable bonds is 11. The van der Waals surface area contributed by atoms with Gasteiger partial charge < -0.3 is 20.5 Å². The van der Waals surface area contributed by atoms with E-state index in [2.05, 4.69) is 47.1 Å². The molecule has 0 spiro atoms. The highest BCUT2D eigenvalue weighted by molar-refractivity contribution is 5.91. The lowest BCUT2D eigenvalue weighted by atomic mass is 10.2. The summed E-state index contributed by atoms with van der Waals surface area (Å²) < 4.78 is 2.27. The smallest absolute Gasteiger partial charge is 0.0501 e. The van der Waals surface area contributed by atoms with Crippen LogP contribution in [0.2, 0.25) is 0 Å². The van der Waals surface area contributed by atoms with Crippen LogP contribution in [0.5, 0.6) is 0 Å². The lowest BCUT2D eigenvalue weighted by molar-refractivity contribution is 0.318. The van der Waals surface area contributed by atoms with Gasteiger partial charge in [0.15, 0.2) is 0 Å². The van der Waals surface area contributed by atoms with E-state index in [0.29, 0.717) is 0 Å². The van der Waals surface area contributed by atoms with Gasteiger partial charge in [-0.3, -0.25) is 0 Å². The Labute approximate surface area is 140 Å². The molecule has 0 amide bonds. The molecule has 3 N–H and O–H groups in total. The Balaban J connectivity index is 1.61. The predicted molar refractivity (Wildman–Crippen MR) is 101 cm³/mol. The van der Waals surface area contributed by atoms with Crippen LogP contribution in [0.15, 0.2) is 30.5 Å². The number of unbranched alkanes of at least 4 members (excludes halogenated alkanes) is 2. The molecule has 0 unspecified atom stereocenters. The van der Waals surface area contributed by atoms with Gasteiger partial charge in [-0.05, 0) is 57.7 Å². The summed E-state index contributed by atoms with van der Waals surface area (Å²) in [7, 11) is 2.23. The molecule has 0 saturated heterocycles. The van der Waals surface area contributed by atoms with E-state index >= 15 is 0 Å². The fourth-order valence-corrected chi connectivity index (χ4v) is 2.98. The van der Waals surface area contributed by atoms with Gasteiger partial charge in [-0.15, -0.1) is 0 Å². The molecule has 4 heteroatoms. The SMILES string of the molecule is CCCCCN(C)CCCNCCn1ccc2c(N)cccc21. The van der Waals surface area contributed by atoms with Gasteiger partial charge in [0.05, 0.1) is 5.52 Å². The van der Waals surface area contributed by atoms with Crippen molar-refractivity contribution in [2.75, 3.05) is 39.0 Å². The van der Waals surface area contributed by atoms with Crippen molar-refractivity contribution < 1.29 is 0 Å². The Morgan fingerprint density at radius 3 is 2.74 bits per heavy atom. The lowest BCUT2D eigenvalue weighted by Gasteiger charge is -2.16. The number of anilines is 1. The molecule has 0 saturated carbocycles. The van der Waals surface area contributed by atoms with Gasteiger partial charge in [-0.25, -0.2) is 0 Å². The van der Waals surface area contributed by atoms with E-state index in [4.69, 9.17) is 5.73 Å². The van der Waals surface area contributed by atoms with E-state index < -0.39 is 0 Å². The number of nitrogen functional groups attached to an aromatic ring is 1. The van der Waals surface area contributed by atoms with Crippen LogP contribution in [0.25, 0.3) is 10.9 Å². The predicted octanol–water partition coefficient (Wildman–Crippen LogP) is 3.33. The van der Waals surface area contributed by atoms with E-state index in [1.54, 1.807) is 0 Å². The second-order valence-electron chi connectivity index (χ2n) is 6.40. The molecule has 4 nitrogen and oxygen atoms in total. The largest absolute Gasteiger partial charge is 0.398 e. The second-order valence-corrected chi connectivity index (χ2v) is 6.40. The summed E-state index contributed by atoms with van der Waals surface area (Å²) in [5.74, 6) is 0. The summed E-state index contributed by atoms with van der Waals surface area (Å²) in [4.78, 5) is 2.44. The van der Waals surface area contributed by atoms with Crippen LogP contribution < -0.4 is 11.1 Å². The van der Waals surface area contributed by atoms with Crippen molar-refractivity contribution in [1.82, 2.24) is 14.8 Å². The Morgan fingerprint density at radius 1 is 1.09 bits per heavy atom. The van der Waals surface area contributed by atoms with E-state index in [0.717, 1.165) is 30.7 Å². The Kier molecular flexibility index (Phi) is 7.43. The summed E-state index contributed by atoms with van der Waals surface area (Å²) >= 11 is 0. The van der Waals surface area contributed by atoms with Crippen LogP contribution in [-0.4, -0.2) is 42.7 Å². The molecule has 0 aliphatic carbocycles. The fraction of sp³-hybridized carbons (Fsp3) is 0.579. The third-order valence-electron chi connectivity index (χ3n) is 4.41. The summed E-state index contributed by atoms with van der Waals surface area (Å²) in [6.45, 7) is 7.73. The number of fused-ring (bicyclic) bond motifs is 1. The van der Waals surface area contributed by atoms with Crippen molar-refractivity contribution in [1.29, 1.82) is 0 Å². The first-order valence-corrected chi connectivity index (χ1v) is 8.95. The number of hydrogen-bond acceptors (Lipinski definition) is 3. The molecule has 1 heterocycles. The Hall–Kier alpha value is -1.52. The molecule has 0 aliphatic rings. The Morgan fingerprint density at radius 2 is 1.91 bits per heavy atom. The number of nitrogens with zero attached hydrogens (tertiary/aromatic N) is 2. The van der Waals surface area contributed by atoms with Crippen LogP contribution in [-0.2, 0) is 6.54 Å². The molecule has 0 atom stereocenters. The van der Waals surface area contributed by atoms with Crippen molar-refractivity contribution >= 4 is 16.6 Å². The van der Waals surface area contributed by atoms with Crippen molar-refractivity contribution in [3.05, 3.63) is 30.5 Å². The van der Waals surface area contributed by atoms with Crippen molar-refractivity contribution in [3.63, 3.8) is 0 Å². The van der Waals surface area contributed by atoms with Crippen LogP contribution >= 0.6 is 0 Å². The number of nitrogens with two attached hydrogens (primary N) is 1. The molecule has 1 aromatic heterocycles. The summed E-state index contributed by atoms with van der Waals surface area (Å²) in [6, 6.07) is 8.23. The van der Waals surface area contributed by atoms with Gasteiger partial charge in [0.2, 0.25) is 0 Å². The molecule has 23 heavy (non-hydrogen) atoms. The zero-order chi connectivity index (χ0) is 16.5. The van der Waals surface area contributed by atoms with Crippen molar-refractivity contribution in [3.8, 4) is 0 Å². The highest BCUT2D eigenvalue weighted by atomic mass is 15.1. The summed E-state index contributed by atoms with van der Waals surface area (Å²) in [5, 5.41) is 4.70. The number of hydrogen-bond donors (Lipinski definition) is 2. The van der Waals surface area contributed by atoms with Crippen LogP contribution in [0.1, 0.15) is 32.6 Å². The highest BCUT2D eigenvalue weighted by Gasteiger charge is 2.03. The first kappa shape index (κ1) is 17.8. The third kappa shape index (κ3) is 5.56. The minimum absolute atomic E-state index is 0.861. The molecule has 0 aliphatic heterocycles. The van der Waals surface area contributed by atoms with E-state index in [-0.39, 0.29) is 0 Å². The summed E-state index contributed by atoms with van der Waals surface area (Å²) in [6.07, 6.45) is 7.31. The first-order valence-electron chi connectivity index (χ1n) is 8.95. The Bertz CT molecular complexity index is 576. The maximum atomic E-state index is 6.00. The average Bonchev–Trinajstić information content (AvgIpc) is 2.96. The van der Waals surface area contributed by atoms with Gasteiger partial charge in [-0.1, -0.05) is 25.8 Å². The van der Waals surface area contributed by atoms with Gasteiger partial charge in [0.1, 0.15) is 0 Å². The second kappa shape index (κ2) is 9.58. The summed E-state index contributed by atoms with van der Waals surface area (Å²) in [5.41, 5.74) is 8.09. The molecule has 2 aromatic rings. The topological polar surface area (TPSA) is 46.2 Å². The van der Waals surface area contributed by atoms with Crippen LogP contribution in [0.3, 0.4) is 0 Å². The molecule has 0 fully saturated rings. The van der Waals surface area contributed by atoms with Gasteiger partial charge in [0, 0.05) is 30.4 Å². The number of aromatic nitrogens is 1. The lowest BCUT2D eigenvalue weighted by Crippen LogP contribution is -2.26. The maximum Gasteiger partial charge on any atom is 0.0501 e. The molecular formula is C19H32N4. The van der Waals surface area contributed by atoms with Crippen molar-refractivity contribution in [2.24, 2.45) is 0 Å². The first-order chi connectivity index (χ1) is 11.2. The number of nitrogens with one attached hydrogen (secondary N) is 1. The van der Waals surface area contributed by atoms with Crippen LogP contribution in [0.4, 0.5) is 5.69 Å². The molecule has 2 rings (SSSR count). The van der Waals surface area contributed by atoms with Gasteiger partial charge >= 0.3 is 0 Å². The van der Waals surface area contributed by atoms with Crippen LogP contribution in [0, 0.1) is 0 Å². The fourth-order valence-electron chi connectivity index (χ4n) is 2.98. The quantitative estimate of drug-likeness (QED) is 0.494. The zero-order valence-corrected chi connectivity index (χ0v) is 14.7. The highest BCUT2D eigenvalue weighted by Crippen LogP contribution is 2.21. The minimum Gasteiger partial charge on any atom is -0.398 e. The van der Waals surface area contributed by atoms with E-state index in [1.165, 1.54) is 44.3 Å². The third-order valence-corrected chi connectivity index (χ3v) is 4.41. The van der Waals surface area contributed by atoms with Crippen molar-refractivity contribution in [2.45, 2.75) is 39.2 Å². The van der Waals surface area contributed by atoms with Gasteiger partial charge in [0.25, 0.3) is 0 Å². The average molecular weight is 316 g/mol. The zero-order valence-electron chi connectivity index (χ0n) is 14.7. The molecule has 0 bridgehead atoms. The molecule has 128 valence electrons. The normalized spacial score (nSPS) is 11.6. The molecular weight excluding hydrogens is 284 g/mol. The van der Waals surface area contributed by atoms with E-state index in [1.807, 2.05) is 12.1 Å². The standard InChI is InChI=1S/C19H32N4/c1-3-4-5-13-22(2)14-7-11-21-12-16-23-15-10-17-18(20)8-6-9-19(17)23/h6,8-10,15,21H,3-5,7,11-14,16,20H2,1-2H3. The monoisotopic (exact) mass is 316 g/mol. The number of benzene rings is 1. The molecule has 1 aromatic carbocycles. The van der Waals surface area contributed by atoms with Gasteiger partial charge in [-0.2, -0.15) is 0 Å². The van der Waals surface area contributed by atoms with E-state index in [9.17, 15) is 0 Å². The maximum absolute atomic E-state index is 6.00. The minimum atomic E-state index is 0.861. The molecule has 0 radical (unpaired) electrons.